The standard InChI is InChI=1S/C15H19N3O/c19-13-4-3-11-5-9-17-15(14(11)10-13)18-12-2-1-7-16-8-6-12/h3-5,9-10,12,16,19H,1-2,6-8H2,(H,17,18). The highest BCUT2D eigenvalue weighted by Gasteiger charge is 2.13. The Hall–Kier alpha value is -1.81. The number of aromatic hydroxyl groups is 1. The van der Waals surface area contributed by atoms with Crippen molar-refractivity contribution in [1.82, 2.24) is 10.3 Å². The Morgan fingerprint density at radius 1 is 1.21 bits per heavy atom. The van der Waals surface area contributed by atoms with Gasteiger partial charge in [-0.25, -0.2) is 4.98 Å². The van der Waals surface area contributed by atoms with Crippen LogP contribution in [0.1, 0.15) is 19.3 Å². The van der Waals surface area contributed by atoms with E-state index in [1.807, 2.05) is 18.3 Å². The van der Waals surface area contributed by atoms with E-state index >= 15 is 0 Å². The van der Waals surface area contributed by atoms with Gasteiger partial charge in [0.05, 0.1) is 0 Å². The Morgan fingerprint density at radius 3 is 3.11 bits per heavy atom. The molecule has 0 bridgehead atoms. The molecule has 4 nitrogen and oxygen atoms in total. The lowest BCUT2D eigenvalue weighted by molar-refractivity contribution is 0.476. The molecule has 0 amide bonds. The molecule has 1 aliphatic heterocycles. The van der Waals surface area contributed by atoms with E-state index in [0.717, 1.165) is 42.5 Å². The van der Waals surface area contributed by atoms with Crippen molar-refractivity contribution in [3.05, 3.63) is 30.5 Å². The molecule has 3 rings (SSSR count). The van der Waals surface area contributed by atoms with Crippen LogP contribution < -0.4 is 10.6 Å². The van der Waals surface area contributed by atoms with Crippen molar-refractivity contribution in [2.45, 2.75) is 25.3 Å². The molecule has 1 aliphatic rings. The van der Waals surface area contributed by atoms with Gasteiger partial charge in [-0.1, -0.05) is 6.07 Å². The third kappa shape index (κ3) is 2.79. The maximum absolute atomic E-state index is 9.64. The van der Waals surface area contributed by atoms with Crippen LogP contribution in [-0.4, -0.2) is 29.2 Å². The van der Waals surface area contributed by atoms with E-state index in [4.69, 9.17) is 0 Å². The van der Waals surface area contributed by atoms with E-state index in [1.54, 1.807) is 12.1 Å². The first-order chi connectivity index (χ1) is 9.33. The van der Waals surface area contributed by atoms with Gasteiger partial charge in [-0.2, -0.15) is 0 Å². The largest absolute Gasteiger partial charge is 0.508 e. The molecule has 2 aromatic rings. The molecule has 0 saturated carbocycles. The number of aromatic nitrogens is 1. The third-order valence-electron chi connectivity index (χ3n) is 3.67. The molecule has 3 N–H and O–H groups in total. The van der Waals surface area contributed by atoms with Gasteiger partial charge in [0.1, 0.15) is 11.6 Å². The molecule has 2 heterocycles. The van der Waals surface area contributed by atoms with Crippen LogP contribution in [0, 0.1) is 0 Å². The summed E-state index contributed by atoms with van der Waals surface area (Å²) in [7, 11) is 0. The molecule has 1 aromatic carbocycles. The Balaban J connectivity index is 1.89. The summed E-state index contributed by atoms with van der Waals surface area (Å²) in [5, 5.41) is 18.7. The lowest BCUT2D eigenvalue weighted by Crippen LogP contribution is -2.22. The first kappa shape index (κ1) is 12.2. The highest BCUT2D eigenvalue weighted by atomic mass is 16.3. The fraction of sp³-hybridized carbons (Fsp3) is 0.400. The van der Waals surface area contributed by atoms with Crippen LogP contribution in [0.15, 0.2) is 30.5 Å². The summed E-state index contributed by atoms with van der Waals surface area (Å²) in [6.45, 7) is 2.15. The fourth-order valence-electron chi connectivity index (χ4n) is 2.63. The Bertz CT molecular complexity index is 562. The number of benzene rings is 1. The summed E-state index contributed by atoms with van der Waals surface area (Å²) in [5.74, 6) is 1.16. The number of nitrogens with zero attached hydrogens (tertiary/aromatic N) is 1. The van der Waals surface area contributed by atoms with Crippen LogP contribution in [0.2, 0.25) is 0 Å². The molecule has 1 fully saturated rings. The smallest absolute Gasteiger partial charge is 0.134 e. The zero-order valence-corrected chi connectivity index (χ0v) is 10.9. The molecular formula is C15H19N3O. The summed E-state index contributed by atoms with van der Waals surface area (Å²) in [6, 6.07) is 7.83. The number of hydrogen-bond donors (Lipinski definition) is 3. The third-order valence-corrected chi connectivity index (χ3v) is 3.67. The Labute approximate surface area is 112 Å². The van der Waals surface area contributed by atoms with Gasteiger partial charge in [-0.3, -0.25) is 0 Å². The fourth-order valence-corrected chi connectivity index (χ4v) is 2.63. The van der Waals surface area contributed by atoms with E-state index < -0.39 is 0 Å². The van der Waals surface area contributed by atoms with Gasteiger partial charge >= 0.3 is 0 Å². The van der Waals surface area contributed by atoms with Crippen LogP contribution in [-0.2, 0) is 0 Å². The highest BCUT2D eigenvalue weighted by Crippen LogP contribution is 2.26. The van der Waals surface area contributed by atoms with Gasteiger partial charge in [0.2, 0.25) is 0 Å². The van der Waals surface area contributed by atoms with E-state index in [0.29, 0.717) is 6.04 Å². The van der Waals surface area contributed by atoms with Crippen molar-refractivity contribution in [3.63, 3.8) is 0 Å². The SMILES string of the molecule is Oc1ccc2ccnc(NC3CCCNCC3)c2c1. The van der Waals surface area contributed by atoms with E-state index in [1.165, 1.54) is 6.42 Å². The molecule has 100 valence electrons. The van der Waals surface area contributed by atoms with Crippen molar-refractivity contribution < 1.29 is 5.11 Å². The van der Waals surface area contributed by atoms with Gasteiger partial charge in [0, 0.05) is 17.6 Å². The second-order valence-corrected chi connectivity index (χ2v) is 5.09. The molecule has 0 spiro atoms. The maximum Gasteiger partial charge on any atom is 0.134 e. The summed E-state index contributed by atoms with van der Waals surface area (Å²) >= 11 is 0. The summed E-state index contributed by atoms with van der Waals surface area (Å²) in [5.41, 5.74) is 0. The first-order valence-corrected chi connectivity index (χ1v) is 6.88. The van der Waals surface area contributed by atoms with Crippen molar-refractivity contribution in [3.8, 4) is 5.75 Å². The summed E-state index contributed by atoms with van der Waals surface area (Å²) in [4.78, 5) is 4.43. The number of fused-ring (bicyclic) bond motifs is 1. The number of phenolic OH excluding ortho intramolecular Hbond substituents is 1. The topological polar surface area (TPSA) is 57.2 Å². The van der Waals surface area contributed by atoms with Crippen LogP contribution in [0.4, 0.5) is 5.82 Å². The lowest BCUT2D eigenvalue weighted by Gasteiger charge is -2.18. The van der Waals surface area contributed by atoms with Crippen molar-refractivity contribution in [2.75, 3.05) is 18.4 Å². The number of anilines is 1. The van der Waals surface area contributed by atoms with Gasteiger partial charge in [0.25, 0.3) is 0 Å². The molecule has 19 heavy (non-hydrogen) atoms. The lowest BCUT2D eigenvalue weighted by atomic mass is 10.1. The molecule has 4 heteroatoms. The van der Waals surface area contributed by atoms with Crippen molar-refractivity contribution >= 4 is 16.6 Å². The normalized spacial score (nSPS) is 20.1. The number of nitrogens with one attached hydrogen (secondary N) is 2. The quantitative estimate of drug-likeness (QED) is 0.773. The maximum atomic E-state index is 9.64. The molecule has 1 aromatic heterocycles. The number of hydrogen-bond acceptors (Lipinski definition) is 4. The number of pyridine rings is 1. The van der Waals surface area contributed by atoms with Gasteiger partial charge in [0.15, 0.2) is 0 Å². The van der Waals surface area contributed by atoms with Crippen molar-refractivity contribution in [1.29, 1.82) is 0 Å². The highest BCUT2D eigenvalue weighted by molar-refractivity contribution is 5.92. The van der Waals surface area contributed by atoms with Crippen LogP contribution in [0.3, 0.4) is 0 Å². The Morgan fingerprint density at radius 2 is 2.16 bits per heavy atom. The molecule has 1 atom stereocenters. The average Bonchev–Trinajstić information content (AvgIpc) is 2.68. The van der Waals surface area contributed by atoms with Crippen LogP contribution in [0.5, 0.6) is 5.75 Å². The average molecular weight is 257 g/mol. The zero-order chi connectivity index (χ0) is 13.1. The number of rotatable bonds is 2. The predicted octanol–water partition coefficient (Wildman–Crippen LogP) is 2.49. The second kappa shape index (κ2) is 5.45. The molecular weight excluding hydrogens is 238 g/mol. The predicted molar refractivity (Wildman–Crippen MR) is 77.5 cm³/mol. The first-order valence-electron chi connectivity index (χ1n) is 6.88. The van der Waals surface area contributed by atoms with E-state index in [-0.39, 0.29) is 5.75 Å². The van der Waals surface area contributed by atoms with E-state index in [2.05, 4.69) is 15.6 Å². The second-order valence-electron chi connectivity index (χ2n) is 5.09. The van der Waals surface area contributed by atoms with Gasteiger partial charge in [-0.05, 0) is 55.9 Å². The van der Waals surface area contributed by atoms with Gasteiger partial charge in [-0.15, -0.1) is 0 Å². The minimum absolute atomic E-state index is 0.283. The number of phenols is 1. The minimum atomic E-state index is 0.283. The minimum Gasteiger partial charge on any atom is -0.508 e. The summed E-state index contributed by atoms with van der Waals surface area (Å²) < 4.78 is 0. The van der Waals surface area contributed by atoms with Crippen LogP contribution in [0.25, 0.3) is 10.8 Å². The zero-order valence-electron chi connectivity index (χ0n) is 10.9. The van der Waals surface area contributed by atoms with Crippen molar-refractivity contribution in [2.24, 2.45) is 0 Å². The van der Waals surface area contributed by atoms with Gasteiger partial charge < -0.3 is 15.7 Å². The Kier molecular flexibility index (Phi) is 3.51. The molecule has 1 unspecified atom stereocenters. The molecule has 0 aliphatic carbocycles. The molecule has 1 saturated heterocycles. The monoisotopic (exact) mass is 257 g/mol. The van der Waals surface area contributed by atoms with E-state index in [9.17, 15) is 5.11 Å². The summed E-state index contributed by atoms with van der Waals surface area (Å²) in [6.07, 6.45) is 5.27. The van der Waals surface area contributed by atoms with Crippen LogP contribution >= 0.6 is 0 Å². The molecule has 0 radical (unpaired) electrons.